The lowest BCUT2D eigenvalue weighted by molar-refractivity contribution is -0.119. The van der Waals surface area contributed by atoms with Gasteiger partial charge in [-0.15, -0.1) is 0 Å². The Labute approximate surface area is 124 Å². The Hall–Kier alpha value is -1.11. The third kappa shape index (κ3) is 6.36. The molecule has 0 aliphatic heterocycles. The summed E-state index contributed by atoms with van der Waals surface area (Å²) in [6.07, 6.45) is 2.38. The predicted octanol–water partition coefficient (Wildman–Crippen LogP) is 5.38. The molecule has 0 bridgehead atoms. The minimum atomic E-state index is 0.304. The van der Waals surface area contributed by atoms with Gasteiger partial charge >= 0.3 is 0 Å². The van der Waals surface area contributed by atoms with E-state index >= 15 is 0 Å². The first-order valence-corrected chi connectivity index (χ1v) is 7.78. The summed E-state index contributed by atoms with van der Waals surface area (Å²) in [5.74, 6) is 1.38. The fraction of sp³-hybridized carbons (Fsp3) is 0.632. The number of Topliss-reactive ketones (excluding diaryl/α,β-unsaturated/α-hetero) is 1. The quantitative estimate of drug-likeness (QED) is 0.680. The molecule has 20 heavy (non-hydrogen) atoms. The van der Waals surface area contributed by atoms with Crippen LogP contribution in [-0.4, -0.2) is 5.78 Å². The predicted molar refractivity (Wildman–Crippen MR) is 87.1 cm³/mol. The zero-order valence-corrected chi connectivity index (χ0v) is 14.0. The number of carbonyl (C=O) groups is 1. The summed E-state index contributed by atoms with van der Waals surface area (Å²) in [6, 6.07) is 8.49. The summed E-state index contributed by atoms with van der Waals surface area (Å²) in [6.45, 7) is 13.3. The van der Waals surface area contributed by atoms with Crippen molar-refractivity contribution in [3.8, 4) is 0 Å². The number of hydrogen-bond donors (Lipinski definition) is 0. The Morgan fingerprint density at radius 3 is 2.05 bits per heavy atom. The number of hydrogen-bond acceptors (Lipinski definition) is 1. The maximum absolute atomic E-state index is 12.1. The molecule has 0 heterocycles. The van der Waals surface area contributed by atoms with Gasteiger partial charge in [0.25, 0.3) is 0 Å². The van der Waals surface area contributed by atoms with E-state index in [1.165, 1.54) is 5.56 Å². The van der Waals surface area contributed by atoms with Crippen molar-refractivity contribution in [2.75, 3.05) is 0 Å². The van der Waals surface area contributed by atoms with E-state index in [0.29, 0.717) is 35.9 Å². The third-order valence-electron chi connectivity index (χ3n) is 3.58. The van der Waals surface area contributed by atoms with Crippen molar-refractivity contribution >= 4 is 5.78 Å². The molecule has 0 aliphatic carbocycles. The van der Waals surface area contributed by atoms with Gasteiger partial charge in [0.15, 0.2) is 0 Å². The van der Waals surface area contributed by atoms with Crippen LogP contribution in [0.15, 0.2) is 24.3 Å². The summed E-state index contributed by atoms with van der Waals surface area (Å²) < 4.78 is 0. The van der Waals surface area contributed by atoms with Gasteiger partial charge in [-0.3, -0.25) is 4.79 Å². The van der Waals surface area contributed by atoms with Crippen LogP contribution < -0.4 is 0 Å². The summed E-state index contributed by atoms with van der Waals surface area (Å²) in [4.78, 5) is 12.1. The van der Waals surface area contributed by atoms with E-state index in [-0.39, 0.29) is 0 Å². The lowest BCUT2D eigenvalue weighted by atomic mass is 9.83. The molecule has 1 nitrogen and oxygen atoms in total. The molecule has 0 saturated carbocycles. The van der Waals surface area contributed by atoms with E-state index in [1.807, 2.05) is 0 Å². The molecule has 1 rings (SSSR count). The van der Waals surface area contributed by atoms with Crippen LogP contribution in [-0.2, 0) is 11.2 Å². The Balaban J connectivity index is 2.50. The van der Waals surface area contributed by atoms with Gasteiger partial charge in [-0.2, -0.15) is 0 Å². The molecule has 1 unspecified atom stereocenters. The van der Waals surface area contributed by atoms with Crippen LogP contribution >= 0.6 is 0 Å². The molecular weight excluding hydrogens is 244 g/mol. The van der Waals surface area contributed by atoms with Crippen molar-refractivity contribution in [1.82, 2.24) is 0 Å². The topological polar surface area (TPSA) is 17.1 Å². The zero-order valence-electron chi connectivity index (χ0n) is 14.0. The lowest BCUT2D eigenvalue weighted by Gasteiger charge is -2.22. The average molecular weight is 274 g/mol. The van der Waals surface area contributed by atoms with Gasteiger partial charge in [-0.05, 0) is 34.8 Å². The zero-order chi connectivity index (χ0) is 15.3. The molecule has 0 aromatic heterocycles. The molecule has 0 N–H and O–H groups in total. The lowest BCUT2D eigenvalue weighted by Crippen LogP contribution is -2.15. The molecule has 1 atom stereocenters. The second-order valence-corrected chi connectivity index (χ2v) is 7.69. The number of rotatable bonds is 6. The molecule has 0 spiro atoms. The average Bonchev–Trinajstić information content (AvgIpc) is 2.26. The van der Waals surface area contributed by atoms with Crippen LogP contribution in [0, 0.1) is 11.3 Å². The summed E-state index contributed by atoms with van der Waals surface area (Å²) in [7, 11) is 0. The third-order valence-corrected chi connectivity index (χ3v) is 3.58. The Kier molecular flexibility index (Phi) is 5.98. The monoisotopic (exact) mass is 274 g/mol. The van der Waals surface area contributed by atoms with Crippen molar-refractivity contribution in [3.05, 3.63) is 35.4 Å². The molecule has 1 heteroatoms. The van der Waals surface area contributed by atoms with E-state index in [2.05, 4.69) is 65.8 Å². The maximum Gasteiger partial charge on any atom is 0.137 e. The summed E-state index contributed by atoms with van der Waals surface area (Å²) in [5.41, 5.74) is 2.78. The van der Waals surface area contributed by atoms with Gasteiger partial charge in [0.1, 0.15) is 5.78 Å². The van der Waals surface area contributed by atoms with Crippen molar-refractivity contribution in [1.29, 1.82) is 0 Å². The van der Waals surface area contributed by atoms with Gasteiger partial charge in [-0.25, -0.2) is 0 Å². The first kappa shape index (κ1) is 16.9. The van der Waals surface area contributed by atoms with Crippen molar-refractivity contribution in [2.45, 2.75) is 66.7 Å². The molecule has 0 radical (unpaired) electrons. The minimum absolute atomic E-state index is 0.304. The van der Waals surface area contributed by atoms with Crippen molar-refractivity contribution < 1.29 is 4.79 Å². The standard InChI is InChI=1S/C19H30O/c1-14(2)17-9-7-16(8-10-17)12-18(20)11-15(3)13-19(4,5)6/h7-10,14-15H,11-13H2,1-6H3. The van der Waals surface area contributed by atoms with E-state index in [9.17, 15) is 4.79 Å². The second kappa shape index (κ2) is 7.06. The summed E-state index contributed by atoms with van der Waals surface area (Å²) >= 11 is 0. The molecule has 1 aromatic carbocycles. The second-order valence-electron chi connectivity index (χ2n) is 7.69. The van der Waals surface area contributed by atoms with E-state index in [4.69, 9.17) is 0 Å². The largest absolute Gasteiger partial charge is 0.299 e. The molecule has 0 amide bonds. The molecular formula is C19H30O. The van der Waals surface area contributed by atoms with Gasteiger partial charge in [0, 0.05) is 12.8 Å². The Bertz CT molecular complexity index is 420. The highest BCUT2D eigenvalue weighted by Gasteiger charge is 2.17. The van der Waals surface area contributed by atoms with Gasteiger partial charge < -0.3 is 0 Å². The first-order chi connectivity index (χ1) is 9.17. The molecule has 0 fully saturated rings. The van der Waals surface area contributed by atoms with Crippen LogP contribution in [0.5, 0.6) is 0 Å². The fourth-order valence-corrected chi connectivity index (χ4v) is 2.83. The van der Waals surface area contributed by atoms with Crippen LogP contribution in [0.4, 0.5) is 0 Å². The molecule has 0 aliphatic rings. The van der Waals surface area contributed by atoms with Crippen molar-refractivity contribution in [2.24, 2.45) is 11.3 Å². The van der Waals surface area contributed by atoms with Crippen LogP contribution in [0.2, 0.25) is 0 Å². The van der Waals surface area contributed by atoms with Gasteiger partial charge in [0.05, 0.1) is 0 Å². The minimum Gasteiger partial charge on any atom is -0.299 e. The van der Waals surface area contributed by atoms with E-state index in [0.717, 1.165) is 12.0 Å². The van der Waals surface area contributed by atoms with Crippen LogP contribution in [0.1, 0.15) is 71.4 Å². The smallest absolute Gasteiger partial charge is 0.137 e. The number of carbonyl (C=O) groups excluding carboxylic acids is 1. The highest BCUT2D eigenvalue weighted by atomic mass is 16.1. The normalized spacial score (nSPS) is 13.6. The van der Waals surface area contributed by atoms with E-state index < -0.39 is 0 Å². The molecule has 1 aromatic rings. The maximum atomic E-state index is 12.1. The highest BCUT2D eigenvalue weighted by Crippen LogP contribution is 2.26. The molecule has 112 valence electrons. The van der Waals surface area contributed by atoms with E-state index in [1.54, 1.807) is 0 Å². The molecule has 0 saturated heterocycles. The highest BCUT2D eigenvalue weighted by molar-refractivity contribution is 5.81. The van der Waals surface area contributed by atoms with Gasteiger partial charge in [-0.1, -0.05) is 65.8 Å². The van der Waals surface area contributed by atoms with Crippen molar-refractivity contribution in [3.63, 3.8) is 0 Å². The van der Waals surface area contributed by atoms with Crippen LogP contribution in [0.25, 0.3) is 0 Å². The Morgan fingerprint density at radius 2 is 1.60 bits per heavy atom. The first-order valence-electron chi connectivity index (χ1n) is 7.78. The summed E-state index contributed by atoms with van der Waals surface area (Å²) in [5, 5.41) is 0. The number of benzene rings is 1. The SMILES string of the molecule is CC(CC(=O)Cc1ccc(C(C)C)cc1)CC(C)(C)C. The number of ketones is 1. The van der Waals surface area contributed by atoms with Crippen LogP contribution in [0.3, 0.4) is 0 Å². The van der Waals surface area contributed by atoms with Gasteiger partial charge in [0.2, 0.25) is 0 Å². The Morgan fingerprint density at radius 1 is 1.05 bits per heavy atom. The fourth-order valence-electron chi connectivity index (χ4n) is 2.83.